The third-order valence-corrected chi connectivity index (χ3v) is 4.01. The molecule has 5 heteroatoms. The van der Waals surface area contributed by atoms with Crippen molar-refractivity contribution >= 4 is 5.95 Å². The first-order valence-corrected chi connectivity index (χ1v) is 8.12. The molecule has 0 radical (unpaired) electrons. The molecular weight excluding hydrogens is 264 g/mol. The Kier molecular flexibility index (Phi) is 6.89. The summed E-state index contributed by atoms with van der Waals surface area (Å²) in [7, 11) is 1.71. The van der Waals surface area contributed by atoms with E-state index in [1.54, 1.807) is 7.11 Å². The molecule has 1 unspecified atom stereocenters. The lowest BCUT2D eigenvalue weighted by atomic mass is 9.99. The van der Waals surface area contributed by atoms with Crippen LogP contribution in [0.1, 0.15) is 44.6 Å². The van der Waals surface area contributed by atoms with E-state index in [1.165, 1.54) is 32.1 Å². The Hall–Kier alpha value is -1.20. The minimum atomic E-state index is 0.620. The summed E-state index contributed by atoms with van der Waals surface area (Å²) >= 11 is 0. The summed E-state index contributed by atoms with van der Waals surface area (Å²) in [6, 6.07) is 0.620. The molecule has 1 fully saturated rings. The van der Waals surface area contributed by atoms with Gasteiger partial charge in [-0.05, 0) is 25.7 Å². The van der Waals surface area contributed by atoms with Crippen LogP contribution in [0.15, 0.2) is 12.4 Å². The van der Waals surface area contributed by atoms with Crippen LogP contribution < -0.4 is 10.2 Å². The lowest BCUT2D eigenvalue weighted by Crippen LogP contribution is -2.40. The normalized spacial score (nSPS) is 19.0. The first-order chi connectivity index (χ1) is 10.3. The Labute approximate surface area is 128 Å². The van der Waals surface area contributed by atoms with Gasteiger partial charge in [-0.1, -0.05) is 13.3 Å². The fourth-order valence-electron chi connectivity index (χ4n) is 2.89. The molecule has 1 saturated heterocycles. The molecule has 0 aliphatic carbocycles. The fourth-order valence-corrected chi connectivity index (χ4v) is 2.89. The number of nitrogens with zero attached hydrogens (tertiary/aromatic N) is 3. The molecule has 1 aromatic rings. The summed E-state index contributed by atoms with van der Waals surface area (Å²) in [4.78, 5) is 11.6. The lowest BCUT2D eigenvalue weighted by Gasteiger charge is -2.35. The van der Waals surface area contributed by atoms with Gasteiger partial charge in [0.25, 0.3) is 0 Å². The van der Waals surface area contributed by atoms with Gasteiger partial charge in [0.05, 0.1) is 6.61 Å². The van der Waals surface area contributed by atoms with E-state index in [1.807, 2.05) is 12.4 Å². The molecule has 0 amide bonds. The summed E-state index contributed by atoms with van der Waals surface area (Å²) in [5.41, 5.74) is 1.12. The van der Waals surface area contributed by atoms with Crippen LogP contribution in [-0.2, 0) is 11.3 Å². The van der Waals surface area contributed by atoms with Gasteiger partial charge in [0.2, 0.25) is 5.95 Å². The van der Waals surface area contributed by atoms with E-state index in [0.717, 1.165) is 37.8 Å². The number of piperidine rings is 1. The van der Waals surface area contributed by atoms with Gasteiger partial charge in [-0.25, -0.2) is 9.97 Å². The molecule has 2 rings (SSSR count). The van der Waals surface area contributed by atoms with Crippen molar-refractivity contribution in [1.82, 2.24) is 15.3 Å². The van der Waals surface area contributed by atoms with E-state index in [4.69, 9.17) is 4.74 Å². The SMILES string of the molecule is CCCC1CCCCN1c1ncc(CNCCOC)cn1. The maximum Gasteiger partial charge on any atom is 0.225 e. The summed E-state index contributed by atoms with van der Waals surface area (Å²) < 4.78 is 5.01. The zero-order valence-electron chi connectivity index (χ0n) is 13.3. The molecule has 0 saturated carbocycles. The van der Waals surface area contributed by atoms with Crippen LogP contribution in [0.3, 0.4) is 0 Å². The van der Waals surface area contributed by atoms with Crippen molar-refractivity contribution in [3.63, 3.8) is 0 Å². The highest BCUT2D eigenvalue weighted by Crippen LogP contribution is 2.24. The maximum atomic E-state index is 5.01. The molecule has 1 N–H and O–H groups in total. The van der Waals surface area contributed by atoms with E-state index in [2.05, 4.69) is 27.1 Å². The zero-order chi connectivity index (χ0) is 14.9. The summed E-state index contributed by atoms with van der Waals surface area (Å²) in [6.07, 6.45) is 10.2. The zero-order valence-corrected chi connectivity index (χ0v) is 13.3. The molecule has 1 aliphatic rings. The second kappa shape index (κ2) is 8.95. The minimum Gasteiger partial charge on any atom is -0.383 e. The van der Waals surface area contributed by atoms with Gasteiger partial charge in [-0.15, -0.1) is 0 Å². The molecule has 1 atom stereocenters. The molecule has 118 valence electrons. The predicted molar refractivity (Wildman–Crippen MR) is 85.5 cm³/mol. The van der Waals surface area contributed by atoms with Gasteiger partial charge >= 0.3 is 0 Å². The highest BCUT2D eigenvalue weighted by molar-refractivity contribution is 5.32. The number of nitrogens with one attached hydrogen (secondary N) is 1. The number of rotatable bonds is 8. The topological polar surface area (TPSA) is 50.3 Å². The van der Waals surface area contributed by atoms with E-state index >= 15 is 0 Å². The average molecular weight is 292 g/mol. The Morgan fingerprint density at radius 1 is 1.33 bits per heavy atom. The molecule has 1 aliphatic heterocycles. The maximum absolute atomic E-state index is 5.01. The van der Waals surface area contributed by atoms with Crippen LogP contribution >= 0.6 is 0 Å². The van der Waals surface area contributed by atoms with Crippen molar-refractivity contribution in [3.8, 4) is 0 Å². The molecule has 21 heavy (non-hydrogen) atoms. The molecule has 1 aromatic heterocycles. The van der Waals surface area contributed by atoms with Gasteiger partial charge in [0.1, 0.15) is 0 Å². The van der Waals surface area contributed by atoms with Gasteiger partial charge in [-0.2, -0.15) is 0 Å². The van der Waals surface area contributed by atoms with Crippen LogP contribution in [0, 0.1) is 0 Å². The van der Waals surface area contributed by atoms with Crippen LogP contribution in [0.4, 0.5) is 5.95 Å². The Morgan fingerprint density at radius 3 is 2.86 bits per heavy atom. The Bertz CT molecular complexity index is 394. The molecule has 2 heterocycles. The van der Waals surface area contributed by atoms with Crippen molar-refractivity contribution in [1.29, 1.82) is 0 Å². The summed E-state index contributed by atoms with van der Waals surface area (Å²) in [5, 5.41) is 3.31. The van der Waals surface area contributed by atoms with Crippen LogP contribution in [0.2, 0.25) is 0 Å². The summed E-state index contributed by atoms with van der Waals surface area (Å²) in [6.45, 7) is 5.72. The van der Waals surface area contributed by atoms with E-state index in [0.29, 0.717) is 6.04 Å². The van der Waals surface area contributed by atoms with Crippen LogP contribution in [0.5, 0.6) is 0 Å². The third kappa shape index (κ3) is 4.93. The molecule has 0 bridgehead atoms. The Morgan fingerprint density at radius 2 is 2.14 bits per heavy atom. The second-order valence-corrected chi connectivity index (χ2v) is 5.69. The van der Waals surface area contributed by atoms with Gasteiger partial charge in [0, 0.05) is 50.7 Å². The monoisotopic (exact) mass is 292 g/mol. The number of methoxy groups -OCH3 is 1. The van der Waals surface area contributed by atoms with Gasteiger partial charge in [-0.3, -0.25) is 0 Å². The van der Waals surface area contributed by atoms with Crippen LogP contribution in [0.25, 0.3) is 0 Å². The van der Waals surface area contributed by atoms with Crippen molar-refractivity contribution in [2.45, 2.75) is 51.6 Å². The largest absolute Gasteiger partial charge is 0.383 e. The molecule has 5 nitrogen and oxygen atoms in total. The van der Waals surface area contributed by atoms with Crippen molar-refractivity contribution in [2.24, 2.45) is 0 Å². The van der Waals surface area contributed by atoms with E-state index < -0.39 is 0 Å². The predicted octanol–water partition coefficient (Wildman–Crippen LogP) is 2.37. The summed E-state index contributed by atoms with van der Waals surface area (Å²) in [5.74, 6) is 0.897. The first-order valence-electron chi connectivity index (χ1n) is 8.12. The lowest BCUT2D eigenvalue weighted by molar-refractivity contribution is 0.199. The standard InChI is InChI=1S/C16H28N4O/c1-3-6-15-7-4-5-9-20(15)16-18-12-14(13-19-16)11-17-8-10-21-2/h12-13,15,17H,3-11H2,1-2H3. The van der Waals surface area contributed by atoms with Crippen LogP contribution in [-0.4, -0.2) is 42.8 Å². The fraction of sp³-hybridized carbons (Fsp3) is 0.750. The molecule has 0 aromatic carbocycles. The van der Waals surface area contributed by atoms with Crippen molar-refractivity contribution in [3.05, 3.63) is 18.0 Å². The molecule has 0 spiro atoms. The third-order valence-electron chi connectivity index (χ3n) is 4.01. The highest BCUT2D eigenvalue weighted by Gasteiger charge is 2.23. The number of ether oxygens (including phenoxy) is 1. The minimum absolute atomic E-state index is 0.620. The van der Waals surface area contributed by atoms with Crippen molar-refractivity contribution < 1.29 is 4.74 Å². The Balaban J connectivity index is 1.90. The first kappa shape index (κ1) is 16.2. The number of hydrogen-bond acceptors (Lipinski definition) is 5. The highest BCUT2D eigenvalue weighted by atomic mass is 16.5. The van der Waals surface area contributed by atoms with Crippen molar-refractivity contribution in [2.75, 3.05) is 31.7 Å². The number of aromatic nitrogens is 2. The number of hydrogen-bond donors (Lipinski definition) is 1. The average Bonchev–Trinajstić information content (AvgIpc) is 2.53. The van der Waals surface area contributed by atoms with Gasteiger partial charge < -0.3 is 15.0 Å². The van der Waals surface area contributed by atoms with E-state index in [9.17, 15) is 0 Å². The van der Waals surface area contributed by atoms with Gasteiger partial charge in [0.15, 0.2) is 0 Å². The quantitative estimate of drug-likeness (QED) is 0.746. The number of anilines is 1. The smallest absolute Gasteiger partial charge is 0.225 e. The molecular formula is C16H28N4O. The second-order valence-electron chi connectivity index (χ2n) is 5.69. The van der Waals surface area contributed by atoms with E-state index in [-0.39, 0.29) is 0 Å².